The van der Waals surface area contributed by atoms with Gasteiger partial charge in [-0.05, 0) is 30.7 Å². The molecule has 1 rings (SSSR count). The Bertz CT molecular complexity index is 448. The SMILES string of the molecule is CCCCC(CNC(=O)Nc1ccc(Cl)cc1)C(=O)O. The van der Waals surface area contributed by atoms with Gasteiger partial charge in [0.1, 0.15) is 0 Å². The fourth-order valence-corrected chi connectivity index (χ4v) is 1.81. The van der Waals surface area contributed by atoms with Gasteiger partial charge in [0.25, 0.3) is 0 Å². The highest BCUT2D eigenvalue weighted by Gasteiger charge is 2.17. The first-order valence-corrected chi connectivity index (χ1v) is 6.94. The number of rotatable bonds is 7. The van der Waals surface area contributed by atoms with Crippen molar-refractivity contribution >= 4 is 29.3 Å². The van der Waals surface area contributed by atoms with E-state index in [2.05, 4.69) is 10.6 Å². The summed E-state index contributed by atoms with van der Waals surface area (Å²) in [5.41, 5.74) is 0.604. The Labute approximate surface area is 123 Å². The van der Waals surface area contributed by atoms with Crippen LogP contribution in [-0.4, -0.2) is 23.7 Å². The first-order chi connectivity index (χ1) is 9.52. The molecule has 0 spiro atoms. The molecule has 20 heavy (non-hydrogen) atoms. The molecule has 0 bridgehead atoms. The lowest BCUT2D eigenvalue weighted by molar-refractivity contribution is -0.141. The minimum atomic E-state index is -0.884. The van der Waals surface area contributed by atoms with E-state index in [1.165, 1.54) is 0 Å². The molecule has 2 amide bonds. The van der Waals surface area contributed by atoms with Gasteiger partial charge >= 0.3 is 12.0 Å². The summed E-state index contributed by atoms with van der Waals surface area (Å²) < 4.78 is 0. The summed E-state index contributed by atoms with van der Waals surface area (Å²) in [6.45, 7) is 2.12. The van der Waals surface area contributed by atoms with E-state index < -0.39 is 17.9 Å². The van der Waals surface area contributed by atoms with Gasteiger partial charge in [0, 0.05) is 17.3 Å². The van der Waals surface area contributed by atoms with Gasteiger partial charge in [-0.15, -0.1) is 0 Å². The van der Waals surface area contributed by atoms with E-state index in [4.69, 9.17) is 16.7 Å². The van der Waals surface area contributed by atoms with Crippen LogP contribution in [0.4, 0.5) is 10.5 Å². The van der Waals surface area contributed by atoms with Crippen LogP contribution < -0.4 is 10.6 Å². The summed E-state index contributed by atoms with van der Waals surface area (Å²) >= 11 is 5.74. The number of aliphatic carboxylic acids is 1. The number of amides is 2. The van der Waals surface area contributed by atoms with Gasteiger partial charge in [0.2, 0.25) is 0 Å². The number of carboxylic acid groups (broad SMARTS) is 1. The van der Waals surface area contributed by atoms with Crippen LogP contribution in [0.5, 0.6) is 0 Å². The molecule has 0 aromatic heterocycles. The largest absolute Gasteiger partial charge is 0.481 e. The predicted octanol–water partition coefficient (Wildman–Crippen LogP) is 3.35. The third kappa shape index (κ3) is 5.93. The number of urea groups is 1. The molecule has 0 aliphatic carbocycles. The molecule has 6 heteroatoms. The van der Waals surface area contributed by atoms with Crippen molar-refractivity contribution in [3.63, 3.8) is 0 Å². The van der Waals surface area contributed by atoms with Gasteiger partial charge in [-0.1, -0.05) is 31.4 Å². The number of nitrogens with one attached hydrogen (secondary N) is 2. The van der Waals surface area contributed by atoms with Gasteiger partial charge in [-0.25, -0.2) is 4.79 Å². The molecule has 1 aromatic carbocycles. The highest BCUT2D eigenvalue weighted by Crippen LogP contribution is 2.13. The number of anilines is 1. The van der Waals surface area contributed by atoms with Gasteiger partial charge in [0.15, 0.2) is 0 Å². The number of hydrogen-bond acceptors (Lipinski definition) is 2. The molecule has 0 saturated carbocycles. The van der Waals surface area contributed by atoms with Crippen LogP contribution in [0.1, 0.15) is 26.2 Å². The smallest absolute Gasteiger partial charge is 0.319 e. The van der Waals surface area contributed by atoms with Gasteiger partial charge in [-0.3, -0.25) is 4.79 Å². The topological polar surface area (TPSA) is 78.4 Å². The van der Waals surface area contributed by atoms with Crippen LogP contribution in [-0.2, 0) is 4.79 Å². The second-order valence-corrected chi connectivity index (χ2v) is 4.96. The van der Waals surface area contributed by atoms with Crippen molar-refractivity contribution in [3.8, 4) is 0 Å². The van der Waals surface area contributed by atoms with Crippen LogP contribution in [0.25, 0.3) is 0 Å². The standard InChI is InChI=1S/C14H19ClN2O3/c1-2-3-4-10(13(18)19)9-16-14(20)17-12-7-5-11(15)6-8-12/h5-8,10H,2-4,9H2,1H3,(H,18,19)(H2,16,17,20). The Hall–Kier alpha value is -1.75. The van der Waals surface area contributed by atoms with E-state index >= 15 is 0 Å². The van der Waals surface area contributed by atoms with E-state index in [0.717, 1.165) is 12.8 Å². The minimum absolute atomic E-state index is 0.120. The number of unbranched alkanes of at least 4 members (excludes halogenated alkanes) is 1. The number of carbonyl (C=O) groups is 2. The average Bonchev–Trinajstić information content (AvgIpc) is 2.41. The molecule has 0 aliphatic rings. The second kappa shape index (κ2) is 8.43. The molecule has 110 valence electrons. The van der Waals surface area contributed by atoms with Crippen LogP contribution in [0.15, 0.2) is 24.3 Å². The van der Waals surface area contributed by atoms with Crippen LogP contribution in [0.3, 0.4) is 0 Å². The lowest BCUT2D eigenvalue weighted by atomic mass is 10.0. The average molecular weight is 299 g/mol. The molecule has 1 unspecified atom stereocenters. The molecule has 0 saturated heterocycles. The summed E-state index contributed by atoms with van der Waals surface area (Å²) in [5.74, 6) is -1.43. The van der Waals surface area contributed by atoms with Crippen LogP contribution >= 0.6 is 11.6 Å². The Morgan fingerprint density at radius 3 is 2.50 bits per heavy atom. The maximum absolute atomic E-state index is 11.7. The lowest BCUT2D eigenvalue weighted by Gasteiger charge is -2.13. The van der Waals surface area contributed by atoms with E-state index in [0.29, 0.717) is 17.1 Å². The fourth-order valence-electron chi connectivity index (χ4n) is 1.69. The highest BCUT2D eigenvalue weighted by atomic mass is 35.5. The number of hydrogen-bond donors (Lipinski definition) is 3. The van der Waals surface area contributed by atoms with Crippen molar-refractivity contribution in [2.75, 3.05) is 11.9 Å². The zero-order valence-electron chi connectivity index (χ0n) is 11.4. The molecule has 1 aromatic rings. The molecule has 1 atom stereocenters. The Balaban J connectivity index is 2.41. The van der Waals surface area contributed by atoms with E-state index in [1.54, 1.807) is 24.3 Å². The third-order valence-corrected chi connectivity index (χ3v) is 3.12. The van der Waals surface area contributed by atoms with Crippen molar-refractivity contribution in [1.29, 1.82) is 0 Å². The quantitative estimate of drug-likeness (QED) is 0.722. The van der Waals surface area contributed by atoms with E-state index in [1.807, 2.05) is 6.92 Å². The molecule has 0 fully saturated rings. The second-order valence-electron chi connectivity index (χ2n) is 4.52. The zero-order valence-corrected chi connectivity index (χ0v) is 12.1. The molecule has 3 N–H and O–H groups in total. The number of benzene rings is 1. The fraction of sp³-hybridized carbons (Fsp3) is 0.429. The van der Waals surface area contributed by atoms with Crippen LogP contribution in [0, 0.1) is 5.92 Å². The molecular formula is C14H19ClN2O3. The number of carbonyl (C=O) groups excluding carboxylic acids is 1. The maximum Gasteiger partial charge on any atom is 0.319 e. The molecule has 0 heterocycles. The van der Waals surface area contributed by atoms with Gasteiger partial charge < -0.3 is 15.7 Å². The summed E-state index contributed by atoms with van der Waals surface area (Å²) in [6.07, 6.45) is 2.32. The normalized spacial score (nSPS) is 11.7. The van der Waals surface area contributed by atoms with Gasteiger partial charge in [0.05, 0.1) is 5.92 Å². The first-order valence-electron chi connectivity index (χ1n) is 6.56. The number of halogens is 1. The zero-order chi connectivity index (χ0) is 15.0. The summed E-state index contributed by atoms with van der Waals surface area (Å²) in [6, 6.07) is 6.26. The van der Waals surface area contributed by atoms with Crippen molar-refractivity contribution in [1.82, 2.24) is 5.32 Å². The van der Waals surface area contributed by atoms with E-state index in [-0.39, 0.29) is 6.54 Å². The summed E-state index contributed by atoms with van der Waals surface area (Å²) in [5, 5.41) is 14.8. The van der Waals surface area contributed by atoms with Gasteiger partial charge in [-0.2, -0.15) is 0 Å². The van der Waals surface area contributed by atoms with Crippen molar-refractivity contribution < 1.29 is 14.7 Å². The molecule has 0 radical (unpaired) electrons. The summed E-state index contributed by atoms with van der Waals surface area (Å²) in [7, 11) is 0. The number of carboxylic acids is 1. The van der Waals surface area contributed by atoms with Crippen molar-refractivity contribution in [2.45, 2.75) is 26.2 Å². The van der Waals surface area contributed by atoms with Crippen molar-refractivity contribution in [3.05, 3.63) is 29.3 Å². The van der Waals surface area contributed by atoms with Crippen LogP contribution in [0.2, 0.25) is 5.02 Å². The first kappa shape index (κ1) is 16.3. The Morgan fingerprint density at radius 1 is 1.30 bits per heavy atom. The highest BCUT2D eigenvalue weighted by molar-refractivity contribution is 6.30. The Morgan fingerprint density at radius 2 is 1.95 bits per heavy atom. The van der Waals surface area contributed by atoms with Crippen molar-refractivity contribution in [2.24, 2.45) is 5.92 Å². The lowest BCUT2D eigenvalue weighted by Crippen LogP contribution is -2.35. The maximum atomic E-state index is 11.7. The third-order valence-electron chi connectivity index (χ3n) is 2.87. The molecular weight excluding hydrogens is 280 g/mol. The Kier molecular flexibility index (Phi) is 6.87. The molecule has 0 aliphatic heterocycles. The monoisotopic (exact) mass is 298 g/mol. The minimum Gasteiger partial charge on any atom is -0.481 e. The predicted molar refractivity (Wildman–Crippen MR) is 79.1 cm³/mol. The molecule has 5 nitrogen and oxygen atoms in total. The van der Waals surface area contributed by atoms with E-state index in [9.17, 15) is 9.59 Å². The summed E-state index contributed by atoms with van der Waals surface area (Å²) in [4.78, 5) is 22.7.